The van der Waals surface area contributed by atoms with Crippen LogP contribution in [0.4, 0.5) is 4.39 Å². The first kappa shape index (κ1) is 12.4. The molecule has 1 aromatic carbocycles. The van der Waals surface area contributed by atoms with Gasteiger partial charge in [0.15, 0.2) is 0 Å². The number of carbonyl (C=O) groups is 2. The Bertz CT molecular complexity index is 423. The third-order valence-corrected chi connectivity index (χ3v) is 2.07. The molecule has 0 aromatic heterocycles. The maximum Gasteiger partial charge on any atom is 0.254 e. The second-order valence-electron chi connectivity index (χ2n) is 3.10. The largest absolute Gasteiger partial charge is 0.370 e. The Morgan fingerprint density at radius 3 is 2.75 bits per heavy atom. The van der Waals surface area contributed by atoms with Crippen molar-refractivity contribution in [2.24, 2.45) is 5.73 Å². The van der Waals surface area contributed by atoms with Gasteiger partial charge in [-0.25, -0.2) is 4.39 Å². The van der Waals surface area contributed by atoms with E-state index in [1.807, 2.05) is 0 Å². The zero-order chi connectivity index (χ0) is 12.1. The van der Waals surface area contributed by atoms with Crippen LogP contribution in [-0.4, -0.2) is 18.4 Å². The number of nitrogens with one attached hydrogen (secondary N) is 1. The Labute approximate surface area is 96.6 Å². The summed E-state index contributed by atoms with van der Waals surface area (Å²) < 4.78 is 13.2. The van der Waals surface area contributed by atoms with Gasteiger partial charge in [-0.05, 0) is 18.2 Å². The van der Waals surface area contributed by atoms with Crippen molar-refractivity contribution < 1.29 is 14.0 Å². The highest BCUT2D eigenvalue weighted by Crippen LogP contribution is 2.14. The molecule has 0 atom stereocenters. The molecule has 3 N–H and O–H groups in total. The van der Waals surface area contributed by atoms with Gasteiger partial charge in [-0.3, -0.25) is 9.59 Å². The van der Waals surface area contributed by atoms with E-state index in [4.69, 9.17) is 17.3 Å². The Morgan fingerprint density at radius 1 is 1.44 bits per heavy atom. The number of benzene rings is 1. The van der Waals surface area contributed by atoms with Gasteiger partial charge in [0.2, 0.25) is 5.91 Å². The minimum atomic E-state index is -0.666. The fraction of sp³-hybridized carbons (Fsp3) is 0.200. The molecule has 86 valence electrons. The summed E-state index contributed by atoms with van der Waals surface area (Å²) in [7, 11) is 0. The minimum Gasteiger partial charge on any atom is -0.370 e. The number of nitrogens with two attached hydrogens (primary N) is 1. The molecule has 0 aliphatic carbocycles. The molecule has 0 aliphatic rings. The Hall–Kier alpha value is -1.62. The molecule has 6 heteroatoms. The summed E-state index contributed by atoms with van der Waals surface area (Å²) in [5.74, 6) is -1.82. The highest BCUT2D eigenvalue weighted by Gasteiger charge is 2.11. The molecule has 0 bridgehead atoms. The summed E-state index contributed by atoms with van der Waals surface area (Å²) in [4.78, 5) is 21.9. The van der Waals surface area contributed by atoms with Crippen LogP contribution >= 0.6 is 11.6 Å². The number of amides is 2. The third-order valence-electron chi connectivity index (χ3n) is 1.83. The van der Waals surface area contributed by atoms with E-state index in [-0.39, 0.29) is 23.6 Å². The molecule has 0 radical (unpaired) electrons. The van der Waals surface area contributed by atoms with E-state index in [9.17, 15) is 14.0 Å². The predicted molar refractivity (Wildman–Crippen MR) is 57.6 cm³/mol. The molecule has 0 fully saturated rings. The van der Waals surface area contributed by atoms with Crippen molar-refractivity contribution in [2.45, 2.75) is 6.42 Å². The molecular formula is C10H10ClFN2O2. The molecule has 0 aliphatic heterocycles. The lowest BCUT2D eigenvalue weighted by Gasteiger charge is -2.05. The monoisotopic (exact) mass is 244 g/mol. The summed E-state index contributed by atoms with van der Waals surface area (Å²) in [6, 6.07) is 3.67. The topological polar surface area (TPSA) is 72.2 Å². The van der Waals surface area contributed by atoms with Gasteiger partial charge in [-0.15, -0.1) is 0 Å². The molecule has 16 heavy (non-hydrogen) atoms. The van der Waals surface area contributed by atoms with Crippen molar-refractivity contribution in [3.8, 4) is 0 Å². The van der Waals surface area contributed by atoms with Gasteiger partial charge in [-0.2, -0.15) is 0 Å². The van der Waals surface area contributed by atoms with E-state index < -0.39 is 17.6 Å². The maximum atomic E-state index is 13.2. The quantitative estimate of drug-likeness (QED) is 0.832. The average Bonchev–Trinajstić information content (AvgIpc) is 2.21. The molecule has 0 heterocycles. The van der Waals surface area contributed by atoms with Gasteiger partial charge >= 0.3 is 0 Å². The molecule has 0 saturated heterocycles. The summed E-state index contributed by atoms with van der Waals surface area (Å²) in [5.41, 5.74) is 4.73. The van der Waals surface area contributed by atoms with Crippen LogP contribution in [0.25, 0.3) is 0 Å². The highest BCUT2D eigenvalue weighted by atomic mass is 35.5. The van der Waals surface area contributed by atoms with E-state index in [1.165, 1.54) is 12.1 Å². The molecule has 0 unspecified atom stereocenters. The predicted octanol–water partition coefficient (Wildman–Crippen LogP) is 1.08. The number of hydrogen-bond acceptors (Lipinski definition) is 2. The molecule has 4 nitrogen and oxygen atoms in total. The molecule has 0 spiro atoms. The second-order valence-corrected chi connectivity index (χ2v) is 3.53. The Kier molecular flexibility index (Phi) is 4.25. The van der Waals surface area contributed by atoms with E-state index in [2.05, 4.69) is 5.32 Å². The van der Waals surface area contributed by atoms with Crippen LogP contribution in [0.15, 0.2) is 18.2 Å². The lowest BCUT2D eigenvalue weighted by Crippen LogP contribution is -2.28. The SMILES string of the molecule is NC(=O)CCNC(=O)c1cc(Cl)ccc1F. The molecule has 1 aromatic rings. The van der Waals surface area contributed by atoms with E-state index in [0.717, 1.165) is 6.07 Å². The minimum absolute atomic E-state index is 0.00786. The maximum absolute atomic E-state index is 13.2. The summed E-state index contributed by atoms with van der Waals surface area (Å²) in [6.45, 7) is 0.0696. The van der Waals surface area contributed by atoms with Crippen LogP contribution in [-0.2, 0) is 4.79 Å². The van der Waals surface area contributed by atoms with Crippen molar-refractivity contribution in [1.29, 1.82) is 0 Å². The molecule has 0 saturated carbocycles. The van der Waals surface area contributed by atoms with Crippen molar-refractivity contribution in [3.05, 3.63) is 34.6 Å². The van der Waals surface area contributed by atoms with Crippen molar-refractivity contribution >= 4 is 23.4 Å². The van der Waals surface area contributed by atoms with Crippen LogP contribution in [0.5, 0.6) is 0 Å². The van der Waals surface area contributed by atoms with Crippen molar-refractivity contribution in [3.63, 3.8) is 0 Å². The van der Waals surface area contributed by atoms with Crippen LogP contribution in [0.1, 0.15) is 16.8 Å². The summed E-state index contributed by atoms with van der Waals surface area (Å²) in [6.07, 6.45) is 0.00786. The fourth-order valence-electron chi connectivity index (χ4n) is 1.07. The highest BCUT2D eigenvalue weighted by molar-refractivity contribution is 6.31. The Balaban J connectivity index is 2.65. The zero-order valence-corrected chi connectivity index (χ0v) is 9.05. The number of primary amides is 1. The zero-order valence-electron chi connectivity index (χ0n) is 8.30. The van der Waals surface area contributed by atoms with Gasteiger partial charge in [0.05, 0.1) is 5.56 Å². The second kappa shape index (κ2) is 5.46. The van der Waals surface area contributed by atoms with Gasteiger partial charge in [0.25, 0.3) is 5.91 Å². The van der Waals surface area contributed by atoms with Crippen LogP contribution in [0.2, 0.25) is 5.02 Å². The van der Waals surface area contributed by atoms with E-state index in [0.29, 0.717) is 0 Å². The summed E-state index contributed by atoms with van der Waals surface area (Å²) in [5, 5.41) is 2.63. The standard InChI is InChI=1S/C10H10ClFN2O2/c11-6-1-2-8(12)7(5-6)10(16)14-4-3-9(13)15/h1-2,5H,3-4H2,(H2,13,15)(H,14,16). The fourth-order valence-corrected chi connectivity index (χ4v) is 1.24. The smallest absolute Gasteiger partial charge is 0.254 e. The summed E-state index contributed by atoms with van der Waals surface area (Å²) >= 11 is 5.62. The number of halogens is 2. The van der Waals surface area contributed by atoms with E-state index in [1.54, 1.807) is 0 Å². The Morgan fingerprint density at radius 2 is 2.12 bits per heavy atom. The van der Waals surface area contributed by atoms with Gasteiger partial charge < -0.3 is 11.1 Å². The van der Waals surface area contributed by atoms with Crippen molar-refractivity contribution in [2.75, 3.05) is 6.54 Å². The van der Waals surface area contributed by atoms with Gasteiger partial charge in [0, 0.05) is 18.0 Å². The first-order valence-corrected chi connectivity index (χ1v) is 4.90. The van der Waals surface area contributed by atoms with Crippen LogP contribution in [0, 0.1) is 5.82 Å². The normalized spacial score (nSPS) is 9.88. The molecular weight excluding hydrogens is 235 g/mol. The first-order chi connectivity index (χ1) is 7.50. The molecule has 2 amide bonds. The third kappa shape index (κ3) is 3.51. The van der Waals surface area contributed by atoms with Gasteiger partial charge in [-0.1, -0.05) is 11.6 Å². The molecule has 1 rings (SSSR count). The van der Waals surface area contributed by atoms with Crippen LogP contribution in [0.3, 0.4) is 0 Å². The average molecular weight is 245 g/mol. The first-order valence-electron chi connectivity index (χ1n) is 4.52. The van der Waals surface area contributed by atoms with E-state index >= 15 is 0 Å². The van der Waals surface area contributed by atoms with Crippen molar-refractivity contribution in [1.82, 2.24) is 5.32 Å². The number of rotatable bonds is 4. The van der Waals surface area contributed by atoms with Gasteiger partial charge in [0.1, 0.15) is 5.82 Å². The number of hydrogen-bond donors (Lipinski definition) is 2. The lowest BCUT2D eigenvalue weighted by molar-refractivity contribution is -0.117. The van der Waals surface area contributed by atoms with Crippen LogP contribution < -0.4 is 11.1 Å². The number of carbonyl (C=O) groups excluding carboxylic acids is 2. The lowest BCUT2D eigenvalue weighted by atomic mass is 10.2.